The van der Waals surface area contributed by atoms with E-state index in [-0.39, 0.29) is 18.4 Å². The van der Waals surface area contributed by atoms with Gasteiger partial charge in [0.05, 0.1) is 12.5 Å². The minimum Gasteiger partial charge on any atom is -0.396 e. The van der Waals surface area contributed by atoms with Crippen molar-refractivity contribution in [2.24, 2.45) is 5.92 Å². The number of aliphatic hydroxyl groups is 1. The second-order valence-electron chi connectivity index (χ2n) is 3.83. The van der Waals surface area contributed by atoms with Crippen molar-refractivity contribution in [3.05, 3.63) is 29.8 Å². The largest absolute Gasteiger partial charge is 0.396 e. The number of aliphatic hydroxyl groups excluding tert-OH is 1. The van der Waals surface area contributed by atoms with Gasteiger partial charge in [0.1, 0.15) is 0 Å². The van der Waals surface area contributed by atoms with Gasteiger partial charge in [0.2, 0.25) is 5.91 Å². The summed E-state index contributed by atoms with van der Waals surface area (Å²) in [6, 6.07) is 7.77. The van der Waals surface area contributed by atoms with Gasteiger partial charge in [-0.3, -0.25) is 4.79 Å². The summed E-state index contributed by atoms with van der Waals surface area (Å²) in [4.78, 5) is 11.7. The number of amides is 1. The SMILES string of the molecule is CCc1ccc(NC(=O)C(CC)CO)cc1. The second-order valence-corrected chi connectivity index (χ2v) is 3.83. The number of rotatable bonds is 5. The van der Waals surface area contributed by atoms with Crippen molar-refractivity contribution in [2.45, 2.75) is 26.7 Å². The van der Waals surface area contributed by atoms with Crippen LogP contribution in [0.2, 0.25) is 0 Å². The van der Waals surface area contributed by atoms with Crippen LogP contribution in [-0.4, -0.2) is 17.6 Å². The van der Waals surface area contributed by atoms with Crippen LogP contribution in [0, 0.1) is 5.92 Å². The topological polar surface area (TPSA) is 49.3 Å². The number of carbonyl (C=O) groups excluding carboxylic acids is 1. The van der Waals surface area contributed by atoms with Crippen LogP contribution < -0.4 is 5.32 Å². The fourth-order valence-electron chi connectivity index (χ4n) is 1.47. The highest BCUT2D eigenvalue weighted by atomic mass is 16.3. The Kier molecular flexibility index (Phi) is 4.99. The fraction of sp³-hybridized carbons (Fsp3) is 0.462. The molecule has 1 atom stereocenters. The van der Waals surface area contributed by atoms with Crippen molar-refractivity contribution < 1.29 is 9.90 Å². The van der Waals surface area contributed by atoms with Gasteiger partial charge >= 0.3 is 0 Å². The van der Waals surface area contributed by atoms with E-state index in [2.05, 4.69) is 12.2 Å². The maximum Gasteiger partial charge on any atom is 0.229 e. The Bertz CT molecular complexity index is 328. The van der Waals surface area contributed by atoms with Crippen LogP contribution in [0.3, 0.4) is 0 Å². The summed E-state index contributed by atoms with van der Waals surface area (Å²) in [6.45, 7) is 3.88. The Balaban J connectivity index is 2.62. The van der Waals surface area contributed by atoms with Gasteiger partial charge in [-0.2, -0.15) is 0 Å². The molecule has 0 aliphatic carbocycles. The van der Waals surface area contributed by atoms with Crippen molar-refractivity contribution in [3.63, 3.8) is 0 Å². The molecule has 0 aromatic heterocycles. The molecule has 0 heterocycles. The number of anilines is 1. The zero-order valence-electron chi connectivity index (χ0n) is 9.86. The summed E-state index contributed by atoms with van der Waals surface area (Å²) in [5, 5.41) is 11.8. The fourth-order valence-corrected chi connectivity index (χ4v) is 1.47. The first-order valence-electron chi connectivity index (χ1n) is 5.71. The van der Waals surface area contributed by atoms with Crippen molar-refractivity contribution in [1.82, 2.24) is 0 Å². The van der Waals surface area contributed by atoms with E-state index < -0.39 is 0 Å². The highest BCUT2D eigenvalue weighted by Crippen LogP contribution is 2.12. The lowest BCUT2D eigenvalue weighted by Gasteiger charge is -2.12. The van der Waals surface area contributed by atoms with Gasteiger partial charge < -0.3 is 10.4 Å². The summed E-state index contributed by atoms with van der Waals surface area (Å²) in [5.74, 6) is -0.430. The Morgan fingerprint density at radius 1 is 1.31 bits per heavy atom. The maximum atomic E-state index is 11.7. The predicted octanol–water partition coefficient (Wildman–Crippen LogP) is 2.21. The molecule has 0 bridgehead atoms. The number of aryl methyl sites for hydroxylation is 1. The average molecular weight is 221 g/mol. The molecule has 1 rings (SSSR count). The minimum absolute atomic E-state index is 0.102. The van der Waals surface area contributed by atoms with E-state index in [1.165, 1.54) is 5.56 Å². The molecule has 0 aliphatic heterocycles. The van der Waals surface area contributed by atoms with Gasteiger partial charge in [-0.15, -0.1) is 0 Å². The van der Waals surface area contributed by atoms with E-state index in [9.17, 15) is 4.79 Å². The van der Waals surface area contributed by atoms with E-state index in [0.29, 0.717) is 6.42 Å². The minimum atomic E-state index is -0.314. The van der Waals surface area contributed by atoms with Gasteiger partial charge in [0.15, 0.2) is 0 Å². The molecule has 1 aromatic carbocycles. The van der Waals surface area contributed by atoms with Crippen LogP contribution in [0.4, 0.5) is 5.69 Å². The van der Waals surface area contributed by atoms with Crippen LogP contribution in [-0.2, 0) is 11.2 Å². The molecule has 0 fully saturated rings. The number of carbonyl (C=O) groups is 1. The first-order valence-corrected chi connectivity index (χ1v) is 5.71. The lowest BCUT2D eigenvalue weighted by molar-refractivity contribution is -0.121. The zero-order chi connectivity index (χ0) is 12.0. The summed E-state index contributed by atoms with van der Waals surface area (Å²) in [7, 11) is 0. The third kappa shape index (κ3) is 3.35. The average Bonchev–Trinajstić information content (AvgIpc) is 2.31. The lowest BCUT2D eigenvalue weighted by Crippen LogP contribution is -2.24. The van der Waals surface area contributed by atoms with Crippen molar-refractivity contribution in [3.8, 4) is 0 Å². The lowest BCUT2D eigenvalue weighted by atomic mass is 10.1. The van der Waals surface area contributed by atoms with Crippen LogP contribution in [0.15, 0.2) is 24.3 Å². The summed E-state index contributed by atoms with van der Waals surface area (Å²) in [6.07, 6.45) is 1.64. The van der Waals surface area contributed by atoms with Crippen LogP contribution in [0.25, 0.3) is 0 Å². The third-order valence-electron chi connectivity index (χ3n) is 2.71. The molecule has 0 aliphatic rings. The molecule has 3 nitrogen and oxygen atoms in total. The van der Waals surface area contributed by atoms with E-state index >= 15 is 0 Å². The van der Waals surface area contributed by atoms with E-state index in [4.69, 9.17) is 5.11 Å². The molecule has 0 saturated heterocycles. The first-order chi connectivity index (χ1) is 7.71. The standard InChI is InChI=1S/C13H19NO2/c1-3-10-5-7-12(8-6-10)14-13(16)11(4-2)9-15/h5-8,11,15H,3-4,9H2,1-2H3,(H,14,16). The molecule has 1 unspecified atom stereocenters. The Morgan fingerprint density at radius 3 is 2.38 bits per heavy atom. The second kappa shape index (κ2) is 6.28. The van der Waals surface area contributed by atoms with Gasteiger partial charge in [-0.05, 0) is 30.5 Å². The normalized spacial score (nSPS) is 12.2. The van der Waals surface area contributed by atoms with E-state index in [0.717, 1.165) is 12.1 Å². The molecule has 3 heteroatoms. The zero-order valence-corrected chi connectivity index (χ0v) is 9.86. The Morgan fingerprint density at radius 2 is 1.94 bits per heavy atom. The van der Waals surface area contributed by atoms with Gasteiger partial charge in [-0.1, -0.05) is 26.0 Å². The maximum absolute atomic E-state index is 11.7. The van der Waals surface area contributed by atoms with Crippen LogP contribution >= 0.6 is 0 Å². The van der Waals surface area contributed by atoms with Gasteiger partial charge in [0.25, 0.3) is 0 Å². The molecule has 0 radical (unpaired) electrons. The number of nitrogens with one attached hydrogen (secondary N) is 1. The predicted molar refractivity (Wildman–Crippen MR) is 65.3 cm³/mol. The molecule has 2 N–H and O–H groups in total. The molecule has 1 aromatic rings. The summed E-state index contributed by atoms with van der Waals surface area (Å²) >= 11 is 0. The molecule has 0 spiro atoms. The first kappa shape index (κ1) is 12.7. The van der Waals surface area contributed by atoms with Gasteiger partial charge in [0, 0.05) is 5.69 Å². The van der Waals surface area contributed by atoms with Gasteiger partial charge in [-0.25, -0.2) is 0 Å². The summed E-state index contributed by atoms with van der Waals surface area (Å²) < 4.78 is 0. The van der Waals surface area contributed by atoms with Crippen molar-refractivity contribution >= 4 is 11.6 Å². The van der Waals surface area contributed by atoms with E-state index in [1.807, 2.05) is 31.2 Å². The monoisotopic (exact) mass is 221 g/mol. The highest BCUT2D eigenvalue weighted by molar-refractivity contribution is 5.92. The van der Waals surface area contributed by atoms with Crippen molar-refractivity contribution in [2.75, 3.05) is 11.9 Å². The van der Waals surface area contributed by atoms with E-state index in [1.54, 1.807) is 0 Å². The molecule has 16 heavy (non-hydrogen) atoms. The molecular formula is C13H19NO2. The molecule has 0 saturated carbocycles. The molecular weight excluding hydrogens is 202 g/mol. The summed E-state index contributed by atoms with van der Waals surface area (Å²) in [5.41, 5.74) is 2.03. The van der Waals surface area contributed by atoms with Crippen LogP contribution in [0.5, 0.6) is 0 Å². The molecule has 1 amide bonds. The molecule has 88 valence electrons. The van der Waals surface area contributed by atoms with Crippen molar-refractivity contribution in [1.29, 1.82) is 0 Å². The quantitative estimate of drug-likeness (QED) is 0.800. The number of hydrogen-bond donors (Lipinski definition) is 2. The van der Waals surface area contributed by atoms with Crippen LogP contribution in [0.1, 0.15) is 25.8 Å². The third-order valence-corrected chi connectivity index (χ3v) is 2.71. The number of hydrogen-bond acceptors (Lipinski definition) is 2. The smallest absolute Gasteiger partial charge is 0.229 e. The Hall–Kier alpha value is -1.35. The Labute approximate surface area is 96.5 Å². The highest BCUT2D eigenvalue weighted by Gasteiger charge is 2.14. The number of benzene rings is 1.